The van der Waals surface area contributed by atoms with Crippen LogP contribution in [0.15, 0.2) is 36.7 Å². The summed E-state index contributed by atoms with van der Waals surface area (Å²) >= 11 is 0. The number of nitrogens with zero attached hydrogens (tertiary/aromatic N) is 3. The molecule has 1 N–H and O–H groups in total. The van der Waals surface area contributed by atoms with Gasteiger partial charge in [0.15, 0.2) is 0 Å². The number of para-hydroxylation sites is 1. The van der Waals surface area contributed by atoms with Crippen LogP contribution in [0.25, 0.3) is 5.69 Å². The zero-order valence-corrected chi connectivity index (χ0v) is 12.5. The normalized spacial score (nSPS) is 20.4. The predicted octanol–water partition coefficient (Wildman–Crippen LogP) is 2.00. The minimum absolute atomic E-state index is 0.205. The van der Waals surface area contributed by atoms with Gasteiger partial charge >= 0.3 is 0 Å². The van der Waals surface area contributed by atoms with Crippen molar-refractivity contribution >= 4 is 5.91 Å². The summed E-state index contributed by atoms with van der Waals surface area (Å²) in [5.41, 5.74) is 0.0599. The molecular weight excluding hydrogens is 285 g/mol. The van der Waals surface area contributed by atoms with Crippen LogP contribution >= 0.6 is 0 Å². The first-order chi connectivity index (χ1) is 10.4. The van der Waals surface area contributed by atoms with Crippen LogP contribution in [0, 0.1) is 5.82 Å². The van der Waals surface area contributed by atoms with Crippen LogP contribution in [0.5, 0.6) is 0 Å². The molecule has 0 radical (unpaired) electrons. The highest BCUT2D eigenvalue weighted by Crippen LogP contribution is 2.30. The molecule has 0 saturated carbocycles. The largest absolute Gasteiger partial charge is 0.391 e. The Labute approximate surface area is 128 Å². The van der Waals surface area contributed by atoms with Crippen LogP contribution in [-0.4, -0.2) is 43.9 Å². The maximum absolute atomic E-state index is 13.8. The van der Waals surface area contributed by atoms with Gasteiger partial charge in [-0.2, -0.15) is 5.10 Å². The lowest BCUT2D eigenvalue weighted by Crippen LogP contribution is -2.48. The molecule has 2 aromatic rings. The summed E-state index contributed by atoms with van der Waals surface area (Å²) in [5.74, 6) is -0.606. The minimum Gasteiger partial charge on any atom is -0.391 e. The Morgan fingerprint density at radius 2 is 2.14 bits per heavy atom. The van der Waals surface area contributed by atoms with Gasteiger partial charge in [-0.15, -0.1) is 0 Å². The van der Waals surface area contributed by atoms with Gasteiger partial charge in [-0.3, -0.25) is 4.79 Å². The van der Waals surface area contributed by atoms with E-state index in [1.165, 1.54) is 23.1 Å². The molecule has 1 aromatic carbocycles. The van der Waals surface area contributed by atoms with Gasteiger partial charge in [0.2, 0.25) is 0 Å². The molecule has 1 fully saturated rings. The van der Waals surface area contributed by atoms with Crippen LogP contribution in [0.2, 0.25) is 0 Å². The molecule has 116 valence electrons. The van der Waals surface area contributed by atoms with Gasteiger partial charge in [0.1, 0.15) is 11.5 Å². The average molecular weight is 303 g/mol. The second kappa shape index (κ2) is 5.21. The van der Waals surface area contributed by atoms with Crippen LogP contribution in [0.3, 0.4) is 0 Å². The number of aliphatic hydroxyl groups is 1. The van der Waals surface area contributed by atoms with E-state index >= 15 is 0 Å². The number of hydrogen-bond acceptors (Lipinski definition) is 3. The van der Waals surface area contributed by atoms with E-state index in [1.807, 2.05) is 13.8 Å². The number of rotatable bonds is 2. The molecule has 1 aromatic heterocycles. The van der Waals surface area contributed by atoms with Gasteiger partial charge in [0.25, 0.3) is 5.91 Å². The van der Waals surface area contributed by atoms with Crippen LogP contribution in [0.1, 0.15) is 30.6 Å². The number of aliphatic hydroxyl groups excluding tert-OH is 1. The van der Waals surface area contributed by atoms with Crippen molar-refractivity contribution in [1.29, 1.82) is 0 Å². The second-order valence-corrected chi connectivity index (χ2v) is 6.04. The SMILES string of the molecule is CC1(C)C(O)CCN1C(=O)c1cnn(-c2ccccc2F)c1. The smallest absolute Gasteiger partial charge is 0.257 e. The fraction of sp³-hybridized carbons (Fsp3) is 0.375. The first kappa shape index (κ1) is 14.7. The predicted molar refractivity (Wildman–Crippen MR) is 79.3 cm³/mol. The summed E-state index contributed by atoms with van der Waals surface area (Å²) < 4.78 is 15.1. The van der Waals surface area contributed by atoms with E-state index in [0.717, 1.165) is 0 Å². The third kappa shape index (κ3) is 2.29. The highest BCUT2D eigenvalue weighted by Gasteiger charge is 2.43. The van der Waals surface area contributed by atoms with E-state index in [-0.39, 0.29) is 5.91 Å². The Balaban J connectivity index is 1.89. The van der Waals surface area contributed by atoms with Gasteiger partial charge in [-0.25, -0.2) is 9.07 Å². The molecule has 6 heteroatoms. The van der Waals surface area contributed by atoms with Crippen LogP contribution in [-0.2, 0) is 0 Å². The fourth-order valence-corrected chi connectivity index (χ4v) is 2.79. The number of carbonyl (C=O) groups excluding carboxylic acids is 1. The summed E-state index contributed by atoms with van der Waals surface area (Å²) in [6.45, 7) is 4.17. The number of benzene rings is 1. The van der Waals surface area contributed by atoms with Gasteiger partial charge in [-0.05, 0) is 32.4 Å². The number of carbonyl (C=O) groups is 1. The Bertz CT molecular complexity index is 711. The summed E-state index contributed by atoms with van der Waals surface area (Å²) in [6.07, 6.45) is 2.95. The zero-order valence-electron chi connectivity index (χ0n) is 12.5. The highest BCUT2D eigenvalue weighted by atomic mass is 19.1. The number of likely N-dealkylation sites (tertiary alicyclic amines) is 1. The molecule has 0 aliphatic carbocycles. The molecule has 0 spiro atoms. The third-order valence-corrected chi connectivity index (χ3v) is 4.31. The molecule has 1 unspecified atom stereocenters. The van der Waals surface area contributed by atoms with E-state index in [0.29, 0.717) is 24.2 Å². The van der Waals surface area contributed by atoms with Crippen molar-refractivity contribution in [3.05, 3.63) is 48.0 Å². The van der Waals surface area contributed by atoms with Crippen LogP contribution in [0.4, 0.5) is 4.39 Å². The Hall–Kier alpha value is -2.21. The minimum atomic E-state index is -0.614. The maximum atomic E-state index is 13.8. The van der Waals surface area contributed by atoms with Gasteiger partial charge < -0.3 is 10.0 Å². The van der Waals surface area contributed by atoms with E-state index in [1.54, 1.807) is 23.1 Å². The molecule has 1 saturated heterocycles. The van der Waals surface area contributed by atoms with Crippen molar-refractivity contribution < 1.29 is 14.3 Å². The van der Waals surface area contributed by atoms with Gasteiger partial charge in [0.05, 0.1) is 23.4 Å². The van der Waals surface area contributed by atoms with E-state index in [2.05, 4.69) is 5.10 Å². The third-order valence-electron chi connectivity index (χ3n) is 4.31. The molecular formula is C16H18FN3O2. The van der Waals surface area contributed by atoms with Crippen molar-refractivity contribution in [2.45, 2.75) is 31.9 Å². The Morgan fingerprint density at radius 3 is 2.77 bits per heavy atom. The number of amides is 1. The van der Waals surface area contributed by atoms with Crippen molar-refractivity contribution in [3.8, 4) is 5.69 Å². The summed E-state index contributed by atoms with van der Waals surface area (Å²) in [6, 6.07) is 6.25. The van der Waals surface area contributed by atoms with E-state index in [9.17, 15) is 14.3 Å². The molecule has 1 aliphatic rings. The molecule has 1 aliphatic heterocycles. The molecule has 1 atom stereocenters. The van der Waals surface area contributed by atoms with Gasteiger partial charge in [0, 0.05) is 12.7 Å². The number of aromatic nitrogens is 2. The molecule has 22 heavy (non-hydrogen) atoms. The monoisotopic (exact) mass is 303 g/mol. The fourth-order valence-electron chi connectivity index (χ4n) is 2.79. The van der Waals surface area contributed by atoms with E-state index < -0.39 is 17.5 Å². The van der Waals surface area contributed by atoms with E-state index in [4.69, 9.17) is 0 Å². The summed E-state index contributed by atoms with van der Waals surface area (Å²) in [7, 11) is 0. The maximum Gasteiger partial charge on any atom is 0.257 e. The topological polar surface area (TPSA) is 58.4 Å². The van der Waals surface area contributed by atoms with Crippen molar-refractivity contribution in [1.82, 2.24) is 14.7 Å². The molecule has 3 rings (SSSR count). The lowest BCUT2D eigenvalue weighted by molar-refractivity contribution is 0.0394. The molecule has 5 nitrogen and oxygen atoms in total. The zero-order chi connectivity index (χ0) is 15.9. The first-order valence-corrected chi connectivity index (χ1v) is 7.21. The number of hydrogen-bond donors (Lipinski definition) is 1. The van der Waals surface area contributed by atoms with Crippen molar-refractivity contribution in [2.75, 3.05) is 6.54 Å². The highest BCUT2D eigenvalue weighted by molar-refractivity contribution is 5.94. The van der Waals surface area contributed by atoms with Crippen LogP contribution < -0.4 is 0 Å². The quantitative estimate of drug-likeness (QED) is 0.923. The summed E-state index contributed by atoms with van der Waals surface area (Å²) in [4.78, 5) is 14.2. The number of halogens is 1. The molecule has 1 amide bonds. The Kier molecular flexibility index (Phi) is 3.48. The average Bonchev–Trinajstić information content (AvgIpc) is 3.05. The molecule has 0 bridgehead atoms. The Morgan fingerprint density at radius 1 is 1.41 bits per heavy atom. The molecule has 2 heterocycles. The lowest BCUT2D eigenvalue weighted by Gasteiger charge is -2.33. The van der Waals surface area contributed by atoms with Gasteiger partial charge in [-0.1, -0.05) is 12.1 Å². The van der Waals surface area contributed by atoms with Crippen molar-refractivity contribution in [3.63, 3.8) is 0 Å². The van der Waals surface area contributed by atoms with Crippen molar-refractivity contribution in [2.24, 2.45) is 0 Å². The summed E-state index contributed by atoms with van der Waals surface area (Å²) in [5, 5.41) is 14.1. The first-order valence-electron chi connectivity index (χ1n) is 7.21. The lowest BCUT2D eigenvalue weighted by atomic mass is 9.98. The standard InChI is InChI=1S/C16H18FN3O2/c1-16(2)14(21)7-8-19(16)15(22)11-9-18-20(10-11)13-6-4-3-5-12(13)17/h3-6,9-10,14,21H,7-8H2,1-2H3. The second-order valence-electron chi connectivity index (χ2n) is 6.04.